The predicted octanol–water partition coefficient (Wildman–Crippen LogP) is 2.84. The van der Waals surface area contributed by atoms with Crippen molar-refractivity contribution < 1.29 is 14.0 Å². The number of nitrogens with zero attached hydrogens (tertiary/aromatic N) is 4. The van der Waals surface area contributed by atoms with Crippen molar-refractivity contribution in [3.8, 4) is 0 Å². The first-order valence-corrected chi connectivity index (χ1v) is 10.7. The second-order valence-corrected chi connectivity index (χ2v) is 8.09. The molecule has 7 nitrogen and oxygen atoms in total. The number of furan rings is 1. The number of aromatic nitrogens is 1. The van der Waals surface area contributed by atoms with Crippen LogP contribution in [-0.4, -0.2) is 52.8 Å². The third-order valence-electron chi connectivity index (χ3n) is 5.37. The lowest BCUT2D eigenvalue weighted by Gasteiger charge is -2.37. The van der Waals surface area contributed by atoms with Gasteiger partial charge >= 0.3 is 0 Å². The molecule has 2 amide bonds. The fourth-order valence-corrected chi connectivity index (χ4v) is 4.66. The maximum atomic E-state index is 13.3. The van der Waals surface area contributed by atoms with Gasteiger partial charge in [-0.05, 0) is 35.7 Å². The van der Waals surface area contributed by atoms with Gasteiger partial charge in [-0.25, -0.2) is 4.98 Å². The van der Waals surface area contributed by atoms with E-state index in [0.717, 1.165) is 23.8 Å². The summed E-state index contributed by atoms with van der Waals surface area (Å²) >= 11 is 1.47. The Kier molecular flexibility index (Phi) is 4.84. The highest BCUT2D eigenvalue weighted by Gasteiger charge is 2.42. The van der Waals surface area contributed by atoms with Crippen molar-refractivity contribution in [2.75, 3.05) is 31.1 Å². The predicted molar refractivity (Wildman–Crippen MR) is 114 cm³/mol. The SMILES string of the molecule is O=C1C(c2cccs2)=C(N2CCN(c3ccccn3)CC2)C(=O)N1Cc1ccco1. The van der Waals surface area contributed by atoms with Gasteiger partial charge in [0.1, 0.15) is 17.3 Å². The molecule has 0 unspecified atom stereocenters. The van der Waals surface area contributed by atoms with Crippen molar-refractivity contribution >= 4 is 34.5 Å². The zero-order chi connectivity index (χ0) is 20.5. The molecule has 0 aliphatic carbocycles. The standard InChI is InChI=1S/C22H20N4O3S/c27-21-19(17-6-4-14-30-17)20(22(28)26(21)15-16-5-3-13-29-16)25-11-9-24(10-12-25)18-7-1-2-8-23-18/h1-8,13-14H,9-12,15H2. The molecule has 0 saturated carbocycles. The summed E-state index contributed by atoms with van der Waals surface area (Å²) < 4.78 is 5.37. The van der Waals surface area contributed by atoms with Crippen molar-refractivity contribution in [1.82, 2.24) is 14.8 Å². The summed E-state index contributed by atoms with van der Waals surface area (Å²) in [6.07, 6.45) is 3.33. The first-order chi connectivity index (χ1) is 14.7. The molecule has 2 aliphatic rings. The monoisotopic (exact) mass is 420 g/mol. The highest BCUT2D eigenvalue weighted by Crippen LogP contribution is 2.35. The number of imide groups is 1. The average Bonchev–Trinajstić information content (AvgIpc) is 3.53. The third-order valence-corrected chi connectivity index (χ3v) is 6.26. The van der Waals surface area contributed by atoms with E-state index in [-0.39, 0.29) is 18.4 Å². The van der Waals surface area contributed by atoms with Crippen LogP contribution in [0.4, 0.5) is 5.82 Å². The van der Waals surface area contributed by atoms with Crippen LogP contribution in [0.2, 0.25) is 0 Å². The van der Waals surface area contributed by atoms with E-state index in [1.165, 1.54) is 16.2 Å². The molecular formula is C22H20N4O3S. The number of amides is 2. The smallest absolute Gasteiger partial charge is 0.278 e. The number of hydrogen-bond donors (Lipinski definition) is 0. The molecular weight excluding hydrogens is 400 g/mol. The summed E-state index contributed by atoms with van der Waals surface area (Å²) in [7, 11) is 0. The molecule has 0 N–H and O–H groups in total. The van der Waals surface area contributed by atoms with E-state index >= 15 is 0 Å². The van der Waals surface area contributed by atoms with E-state index in [0.29, 0.717) is 30.1 Å². The molecule has 152 valence electrons. The minimum atomic E-state index is -0.263. The first kappa shape index (κ1) is 18.6. The molecule has 0 bridgehead atoms. The van der Waals surface area contributed by atoms with Crippen LogP contribution in [0.5, 0.6) is 0 Å². The van der Waals surface area contributed by atoms with Crippen LogP contribution in [-0.2, 0) is 16.1 Å². The molecule has 0 radical (unpaired) electrons. The van der Waals surface area contributed by atoms with E-state index in [1.807, 2.05) is 40.6 Å². The molecule has 0 spiro atoms. The number of carbonyl (C=O) groups is 2. The molecule has 2 aliphatic heterocycles. The number of thiophene rings is 1. The van der Waals surface area contributed by atoms with Crippen LogP contribution >= 0.6 is 11.3 Å². The van der Waals surface area contributed by atoms with Crippen LogP contribution in [0.1, 0.15) is 10.6 Å². The van der Waals surface area contributed by atoms with Crippen molar-refractivity contribution in [2.45, 2.75) is 6.54 Å². The normalized spacial score (nSPS) is 17.4. The highest BCUT2D eigenvalue weighted by molar-refractivity contribution is 7.11. The summed E-state index contributed by atoms with van der Waals surface area (Å²) in [6, 6.07) is 13.2. The average molecular weight is 420 g/mol. The largest absolute Gasteiger partial charge is 0.467 e. The Morgan fingerprint density at radius 2 is 1.77 bits per heavy atom. The van der Waals surface area contributed by atoms with Crippen LogP contribution in [0.15, 0.2) is 70.4 Å². The Bertz CT molecular complexity index is 1070. The van der Waals surface area contributed by atoms with E-state index in [2.05, 4.69) is 9.88 Å². The molecule has 0 aromatic carbocycles. The third kappa shape index (κ3) is 3.29. The lowest BCUT2D eigenvalue weighted by Crippen LogP contribution is -2.47. The molecule has 1 fully saturated rings. The quantitative estimate of drug-likeness (QED) is 0.591. The fourth-order valence-electron chi connectivity index (χ4n) is 3.90. The molecule has 30 heavy (non-hydrogen) atoms. The van der Waals surface area contributed by atoms with Gasteiger partial charge in [0.25, 0.3) is 11.8 Å². The Morgan fingerprint density at radius 3 is 2.43 bits per heavy atom. The van der Waals surface area contributed by atoms with Gasteiger partial charge in [0.2, 0.25) is 0 Å². The molecule has 1 saturated heterocycles. The zero-order valence-electron chi connectivity index (χ0n) is 16.2. The second-order valence-electron chi connectivity index (χ2n) is 7.14. The van der Waals surface area contributed by atoms with E-state index in [4.69, 9.17) is 4.42 Å². The number of anilines is 1. The Labute approximate surface area is 177 Å². The van der Waals surface area contributed by atoms with Gasteiger partial charge in [-0.2, -0.15) is 0 Å². The molecule has 0 atom stereocenters. The summed E-state index contributed by atoms with van der Waals surface area (Å²) in [6.45, 7) is 2.90. The lowest BCUT2D eigenvalue weighted by molar-refractivity contribution is -0.138. The summed E-state index contributed by atoms with van der Waals surface area (Å²) in [4.78, 5) is 37.3. The van der Waals surface area contributed by atoms with Gasteiger partial charge in [-0.15, -0.1) is 11.3 Å². The Balaban J connectivity index is 1.42. The minimum Gasteiger partial charge on any atom is -0.467 e. The van der Waals surface area contributed by atoms with Gasteiger partial charge in [-0.1, -0.05) is 12.1 Å². The number of hydrogen-bond acceptors (Lipinski definition) is 7. The van der Waals surface area contributed by atoms with Crippen molar-refractivity contribution in [3.63, 3.8) is 0 Å². The molecule has 3 aromatic heterocycles. The number of pyridine rings is 1. The van der Waals surface area contributed by atoms with E-state index in [9.17, 15) is 9.59 Å². The maximum absolute atomic E-state index is 13.3. The van der Waals surface area contributed by atoms with Crippen LogP contribution < -0.4 is 4.90 Å². The zero-order valence-corrected chi connectivity index (χ0v) is 17.0. The van der Waals surface area contributed by atoms with Crippen molar-refractivity contribution in [3.05, 3.63) is 76.6 Å². The number of piperazine rings is 1. The van der Waals surface area contributed by atoms with Crippen LogP contribution in [0, 0.1) is 0 Å². The highest BCUT2D eigenvalue weighted by atomic mass is 32.1. The first-order valence-electron chi connectivity index (χ1n) is 9.80. The van der Waals surface area contributed by atoms with Gasteiger partial charge in [0, 0.05) is 37.3 Å². The maximum Gasteiger partial charge on any atom is 0.278 e. The van der Waals surface area contributed by atoms with Gasteiger partial charge in [0.15, 0.2) is 0 Å². The van der Waals surface area contributed by atoms with Crippen LogP contribution in [0.25, 0.3) is 5.57 Å². The summed E-state index contributed by atoms with van der Waals surface area (Å²) in [5.74, 6) is 0.994. The van der Waals surface area contributed by atoms with Crippen molar-refractivity contribution in [1.29, 1.82) is 0 Å². The number of rotatable bonds is 5. The summed E-state index contributed by atoms with van der Waals surface area (Å²) in [5.41, 5.74) is 0.988. The Hall–Kier alpha value is -3.39. The summed E-state index contributed by atoms with van der Waals surface area (Å²) in [5, 5.41) is 1.92. The molecule has 3 aromatic rings. The molecule has 5 rings (SSSR count). The Morgan fingerprint density at radius 1 is 0.933 bits per heavy atom. The van der Waals surface area contributed by atoms with E-state index < -0.39 is 0 Å². The van der Waals surface area contributed by atoms with Gasteiger partial charge < -0.3 is 14.2 Å². The minimum absolute atomic E-state index is 0.136. The van der Waals surface area contributed by atoms with Gasteiger partial charge in [0.05, 0.1) is 18.4 Å². The topological polar surface area (TPSA) is 69.9 Å². The van der Waals surface area contributed by atoms with E-state index in [1.54, 1.807) is 24.6 Å². The molecule has 5 heterocycles. The van der Waals surface area contributed by atoms with Gasteiger partial charge in [-0.3, -0.25) is 14.5 Å². The number of carbonyl (C=O) groups excluding carboxylic acids is 2. The second kappa shape index (κ2) is 7.79. The lowest BCUT2D eigenvalue weighted by atomic mass is 10.1. The fraction of sp³-hybridized carbons (Fsp3) is 0.227. The molecule has 8 heteroatoms. The van der Waals surface area contributed by atoms with Crippen LogP contribution in [0.3, 0.4) is 0 Å². The van der Waals surface area contributed by atoms with Crippen molar-refractivity contribution in [2.24, 2.45) is 0 Å².